The number of nitrogens with zero attached hydrogens (tertiary/aromatic N) is 4. The van der Waals surface area contributed by atoms with E-state index in [4.69, 9.17) is 32.9 Å². The molecular weight excluding hydrogens is 567 g/mol. The van der Waals surface area contributed by atoms with Crippen molar-refractivity contribution < 1.29 is 14.3 Å². The van der Waals surface area contributed by atoms with Crippen LogP contribution in [0.15, 0.2) is 64.1 Å². The topological polar surface area (TPSA) is 65.5 Å². The Hall–Kier alpha value is -2.52. The van der Waals surface area contributed by atoms with Crippen molar-refractivity contribution in [2.75, 3.05) is 27.3 Å². The summed E-state index contributed by atoms with van der Waals surface area (Å²) in [7, 11) is 3.49. The number of carbonyl (C=O) groups is 2. The first-order chi connectivity index (χ1) is 19.2. The van der Waals surface area contributed by atoms with Crippen molar-refractivity contribution in [3.63, 3.8) is 0 Å². The standard InChI is InChI=1S/C30H32Cl2N4O3S/c1-16(2)25-27(29(38)35-22(28(37)34(3)4)13-19-14-39-15-23(19)35)40-30-33-24(17-5-9-20(31)10-6-17)26(36(25)30)18-7-11-21(32)12-8-18/h5-12,16,19,22-24,26H,13-15H2,1-4H3/t19-,22-,23+,24-,26+/m0/s1. The average molecular weight is 600 g/mol. The second-order valence-electron chi connectivity index (χ2n) is 11.3. The van der Waals surface area contributed by atoms with Crippen LogP contribution in [0, 0.1) is 11.8 Å². The van der Waals surface area contributed by atoms with Crippen LogP contribution in [0.3, 0.4) is 0 Å². The number of likely N-dealkylation sites (tertiary alicyclic amines) is 1. The van der Waals surface area contributed by atoms with Gasteiger partial charge < -0.3 is 19.4 Å². The Kier molecular flexibility index (Phi) is 7.40. The fraction of sp³-hybridized carbons (Fsp3) is 0.433. The molecule has 0 saturated carbocycles. The van der Waals surface area contributed by atoms with E-state index in [1.165, 1.54) is 11.8 Å². The third kappa shape index (κ3) is 4.63. The van der Waals surface area contributed by atoms with Gasteiger partial charge >= 0.3 is 0 Å². The number of amides is 2. The number of hydrogen-bond donors (Lipinski definition) is 0. The third-order valence-corrected chi connectivity index (χ3v) is 9.80. The molecule has 6 rings (SSSR count). The number of fused-ring (bicyclic) bond motifs is 2. The van der Waals surface area contributed by atoms with Crippen LogP contribution in [0.5, 0.6) is 0 Å². The van der Waals surface area contributed by atoms with Crippen LogP contribution in [0.4, 0.5) is 0 Å². The summed E-state index contributed by atoms with van der Waals surface area (Å²) in [5.41, 5.74) is 3.04. The van der Waals surface area contributed by atoms with Gasteiger partial charge in [0, 0.05) is 35.8 Å². The molecular formula is C30H32Cl2N4O3S. The zero-order valence-electron chi connectivity index (χ0n) is 22.9. The van der Waals surface area contributed by atoms with Crippen LogP contribution in [-0.2, 0) is 14.3 Å². The number of likely N-dealkylation sites (N-methyl/N-ethyl adjacent to an activating group) is 1. The van der Waals surface area contributed by atoms with E-state index in [-0.39, 0.29) is 41.8 Å². The lowest BCUT2D eigenvalue weighted by Gasteiger charge is -2.33. The zero-order valence-corrected chi connectivity index (χ0v) is 25.2. The van der Waals surface area contributed by atoms with Crippen LogP contribution in [-0.4, -0.2) is 71.1 Å². The number of thioether (sulfide) groups is 1. The maximum Gasteiger partial charge on any atom is 0.263 e. The molecule has 0 spiro atoms. The molecule has 7 nitrogen and oxygen atoms in total. The summed E-state index contributed by atoms with van der Waals surface area (Å²) in [6.45, 7) is 5.25. The van der Waals surface area contributed by atoms with E-state index in [0.717, 1.165) is 22.0 Å². The fourth-order valence-corrected chi connectivity index (χ4v) is 7.92. The summed E-state index contributed by atoms with van der Waals surface area (Å²) in [6, 6.07) is 14.7. The molecule has 40 heavy (non-hydrogen) atoms. The highest BCUT2D eigenvalue weighted by molar-refractivity contribution is 8.18. The molecule has 0 N–H and O–H groups in total. The van der Waals surface area contributed by atoms with Gasteiger partial charge in [0.05, 0.1) is 25.3 Å². The molecule has 4 heterocycles. The minimum atomic E-state index is -0.492. The maximum atomic E-state index is 14.5. The van der Waals surface area contributed by atoms with Gasteiger partial charge in [0.15, 0.2) is 5.17 Å². The molecule has 2 fully saturated rings. The molecule has 10 heteroatoms. The van der Waals surface area contributed by atoms with E-state index < -0.39 is 6.04 Å². The number of ether oxygens (including phenoxy) is 1. The Morgan fingerprint density at radius 3 is 2.23 bits per heavy atom. The number of allylic oxidation sites excluding steroid dienone is 1. The average Bonchev–Trinajstić information content (AvgIpc) is 3.68. The molecule has 5 atom stereocenters. The van der Waals surface area contributed by atoms with Gasteiger partial charge in [-0.05, 0) is 59.5 Å². The first kappa shape index (κ1) is 27.6. The Bertz CT molecular complexity index is 1390. The van der Waals surface area contributed by atoms with Gasteiger partial charge in [-0.25, -0.2) is 0 Å². The Labute approximate surface area is 249 Å². The van der Waals surface area contributed by atoms with Gasteiger partial charge in [0.1, 0.15) is 17.0 Å². The number of rotatable bonds is 5. The van der Waals surface area contributed by atoms with Crippen molar-refractivity contribution in [2.45, 2.75) is 44.4 Å². The number of carbonyl (C=O) groups excluding carboxylic acids is 2. The van der Waals surface area contributed by atoms with Crippen molar-refractivity contribution in [3.05, 3.63) is 80.3 Å². The summed E-state index contributed by atoms with van der Waals surface area (Å²) in [6.07, 6.45) is 0.624. The van der Waals surface area contributed by atoms with Crippen LogP contribution in [0.2, 0.25) is 10.0 Å². The predicted molar refractivity (Wildman–Crippen MR) is 159 cm³/mol. The van der Waals surface area contributed by atoms with Gasteiger partial charge in [-0.15, -0.1) is 0 Å². The molecule has 0 aromatic heterocycles. The summed E-state index contributed by atoms with van der Waals surface area (Å²) in [5.74, 6) is 0.0544. The molecule has 2 aromatic rings. The minimum Gasteiger partial charge on any atom is -0.379 e. The van der Waals surface area contributed by atoms with Crippen molar-refractivity contribution in [1.29, 1.82) is 0 Å². The highest BCUT2D eigenvalue weighted by Gasteiger charge is 2.53. The highest BCUT2D eigenvalue weighted by atomic mass is 35.5. The summed E-state index contributed by atoms with van der Waals surface area (Å²) in [5, 5.41) is 2.13. The maximum absolute atomic E-state index is 14.5. The Balaban J connectivity index is 1.43. The molecule has 0 bridgehead atoms. The molecule has 210 valence electrons. The van der Waals surface area contributed by atoms with E-state index >= 15 is 0 Å². The van der Waals surface area contributed by atoms with Crippen LogP contribution in [0.25, 0.3) is 0 Å². The first-order valence-electron chi connectivity index (χ1n) is 13.6. The lowest BCUT2D eigenvalue weighted by Crippen LogP contribution is -2.49. The molecule has 2 aromatic carbocycles. The molecule has 0 aliphatic carbocycles. The monoisotopic (exact) mass is 598 g/mol. The summed E-state index contributed by atoms with van der Waals surface area (Å²) < 4.78 is 5.75. The molecule has 0 radical (unpaired) electrons. The van der Waals surface area contributed by atoms with Gasteiger partial charge in [0.25, 0.3) is 5.91 Å². The highest BCUT2D eigenvalue weighted by Crippen LogP contribution is 2.54. The minimum absolute atomic E-state index is 0.0409. The molecule has 0 unspecified atom stereocenters. The van der Waals surface area contributed by atoms with Gasteiger partial charge in [-0.2, -0.15) is 0 Å². The predicted octanol–water partition coefficient (Wildman–Crippen LogP) is 5.77. The van der Waals surface area contributed by atoms with Crippen molar-refractivity contribution in [2.24, 2.45) is 16.8 Å². The number of aliphatic imine (C=N–C) groups is 1. The number of hydrogen-bond acceptors (Lipinski definition) is 6. The Morgan fingerprint density at radius 2 is 1.62 bits per heavy atom. The summed E-state index contributed by atoms with van der Waals surface area (Å²) >= 11 is 13.9. The van der Waals surface area contributed by atoms with Crippen molar-refractivity contribution in [3.8, 4) is 0 Å². The second-order valence-corrected chi connectivity index (χ2v) is 13.2. The summed E-state index contributed by atoms with van der Waals surface area (Å²) in [4.78, 5) is 39.1. The van der Waals surface area contributed by atoms with Crippen molar-refractivity contribution in [1.82, 2.24) is 14.7 Å². The van der Waals surface area contributed by atoms with Gasteiger partial charge in [-0.1, -0.05) is 61.3 Å². The van der Waals surface area contributed by atoms with Crippen LogP contribution < -0.4 is 0 Å². The lowest BCUT2D eigenvalue weighted by atomic mass is 9.92. The smallest absolute Gasteiger partial charge is 0.263 e. The van der Waals surface area contributed by atoms with Gasteiger partial charge in [-0.3, -0.25) is 14.6 Å². The normalized spacial score (nSPS) is 27.4. The van der Waals surface area contributed by atoms with E-state index in [9.17, 15) is 9.59 Å². The lowest BCUT2D eigenvalue weighted by molar-refractivity contribution is -0.142. The zero-order chi connectivity index (χ0) is 28.3. The Morgan fingerprint density at radius 1 is 1.00 bits per heavy atom. The largest absolute Gasteiger partial charge is 0.379 e. The van der Waals surface area contributed by atoms with Crippen LogP contribution >= 0.6 is 35.0 Å². The van der Waals surface area contributed by atoms with E-state index in [1.54, 1.807) is 23.9 Å². The van der Waals surface area contributed by atoms with E-state index in [2.05, 4.69) is 18.7 Å². The number of amidine groups is 1. The molecule has 2 saturated heterocycles. The fourth-order valence-electron chi connectivity index (χ4n) is 6.37. The van der Waals surface area contributed by atoms with E-state index in [1.807, 2.05) is 48.5 Å². The second kappa shape index (κ2) is 10.7. The van der Waals surface area contributed by atoms with E-state index in [0.29, 0.717) is 34.6 Å². The molecule has 2 amide bonds. The quantitative estimate of drug-likeness (QED) is 0.437. The molecule has 4 aliphatic rings. The number of benzene rings is 2. The number of halogens is 2. The van der Waals surface area contributed by atoms with Gasteiger partial charge in [0.2, 0.25) is 5.91 Å². The van der Waals surface area contributed by atoms with Crippen LogP contribution in [0.1, 0.15) is 43.5 Å². The third-order valence-electron chi connectivity index (χ3n) is 8.23. The first-order valence-corrected chi connectivity index (χ1v) is 15.1. The SMILES string of the molecule is CC(C)C1=C(C(=O)N2[C@@H]3COC[C@@H]3C[C@H]2C(=O)N(C)C)SC2=N[C@@H](c3ccc(Cl)cc3)[C@@H](c3ccc(Cl)cc3)N21. The van der Waals surface area contributed by atoms with Crippen molar-refractivity contribution >= 4 is 51.9 Å². The molecule has 4 aliphatic heterocycles.